The van der Waals surface area contributed by atoms with Crippen molar-refractivity contribution in [2.75, 3.05) is 4.90 Å². The van der Waals surface area contributed by atoms with Gasteiger partial charge in [-0.25, -0.2) is 0 Å². The van der Waals surface area contributed by atoms with E-state index in [-0.39, 0.29) is 0 Å². The molecule has 0 atom stereocenters. The zero-order valence-corrected chi connectivity index (χ0v) is 31.4. The Bertz CT molecular complexity index is 3200. The van der Waals surface area contributed by atoms with Crippen molar-refractivity contribution in [2.24, 2.45) is 0 Å². The van der Waals surface area contributed by atoms with Gasteiger partial charge < -0.3 is 4.90 Å². The van der Waals surface area contributed by atoms with E-state index in [9.17, 15) is 0 Å². The Morgan fingerprint density at radius 1 is 0.291 bits per heavy atom. The van der Waals surface area contributed by atoms with E-state index >= 15 is 0 Å². The van der Waals surface area contributed by atoms with E-state index < -0.39 is 0 Å². The lowest BCUT2D eigenvalue weighted by Crippen LogP contribution is -2.10. The van der Waals surface area contributed by atoms with Crippen LogP contribution in [0.4, 0.5) is 17.1 Å². The molecular weight excluding hydrogens is 703 g/mol. The van der Waals surface area contributed by atoms with Gasteiger partial charge in [0.2, 0.25) is 0 Å². The summed E-state index contributed by atoms with van der Waals surface area (Å²) >= 11 is 3.76. The zero-order chi connectivity index (χ0) is 36.3. The molecule has 0 amide bonds. The molecule has 0 radical (unpaired) electrons. The van der Waals surface area contributed by atoms with Crippen molar-refractivity contribution >= 4 is 90.9 Å². The van der Waals surface area contributed by atoms with Crippen LogP contribution in [-0.2, 0) is 0 Å². The van der Waals surface area contributed by atoms with Crippen molar-refractivity contribution in [3.63, 3.8) is 0 Å². The highest BCUT2D eigenvalue weighted by atomic mass is 32.1. The van der Waals surface area contributed by atoms with Gasteiger partial charge in [0.05, 0.1) is 0 Å². The highest BCUT2D eigenvalue weighted by molar-refractivity contribution is 7.26. The molecule has 258 valence electrons. The van der Waals surface area contributed by atoms with Gasteiger partial charge in [0.1, 0.15) is 0 Å². The number of benzene rings is 9. The summed E-state index contributed by atoms with van der Waals surface area (Å²) in [6, 6.07) is 73.4. The molecule has 0 bridgehead atoms. The number of anilines is 3. The second-order valence-electron chi connectivity index (χ2n) is 14.1. The summed E-state index contributed by atoms with van der Waals surface area (Å²) in [4.78, 5) is 2.39. The van der Waals surface area contributed by atoms with Crippen molar-refractivity contribution in [2.45, 2.75) is 0 Å². The fourth-order valence-electron chi connectivity index (χ4n) is 8.17. The zero-order valence-electron chi connectivity index (χ0n) is 29.8. The van der Waals surface area contributed by atoms with Gasteiger partial charge in [-0.15, -0.1) is 22.7 Å². The van der Waals surface area contributed by atoms with Gasteiger partial charge in [-0.2, -0.15) is 0 Å². The van der Waals surface area contributed by atoms with Crippen molar-refractivity contribution < 1.29 is 0 Å². The van der Waals surface area contributed by atoms with E-state index in [1.165, 1.54) is 84.5 Å². The average molecular weight is 736 g/mol. The van der Waals surface area contributed by atoms with Gasteiger partial charge in [0.25, 0.3) is 0 Å². The summed E-state index contributed by atoms with van der Waals surface area (Å²) < 4.78 is 5.30. The molecule has 9 aromatic carbocycles. The minimum atomic E-state index is 1.11. The van der Waals surface area contributed by atoms with Gasteiger partial charge in [-0.1, -0.05) is 146 Å². The monoisotopic (exact) mass is 735 g/mol. The molecular formula is C52H33NS2. The second-order valence-corrected chi connectivity index (χ2v) is 16.2. The van der Waals surface area contributed by atoms with E-state index in [2.05, 4.69) is 205 Å². The lowest BCUT2D eigenvalue weighted by Gasteiger charge is -2.26. The van der Waals surface area contributed by atoms with Crippen LogP contribution in [0.2, 0.25) is 0 Å². The second kappa shape index (κ2) is 13.1. The van der Waals surface area contributed by atoms with Crippen LogP contribution < -0.4 is 4.90 Å². The Labute approximate surface area is 327 Å². The van der Waals surface area contributed by atoms with Crippen LogP contribution in [0.1, 0.15) is 0 Å². The minimum absolute atomic E-state index is 1.11. The molecule has 0 saturated heterocycles. The number of rotatable bonds is 6. The van der Waals surface area contributed by atoms with Crippen molar-refractivity contribution in [3.8, 4) is 33.4 Å². The number of fused-ring (bicyclic) bond motifs is 7. The maximum atomic E-state index is 2.39. The van der Waals surface area contributed by atoms with Gasteiger partial charge >= 0.3 is 0 Å². The maximum Gasteiger partial charge on any atom is 0.0467 e. The first-order chi connectivity index (χ1) is 27.2. The first-order valence-corrected chi connectivity index (χ1v) is 20.3. The lowest BCUT2D eigenvalue weighted by atomic mass is 10.00. The predicted octanol–water partition coefficient (Wildman–Crippen LogP) is 16.0. The Morgan fingerprint density at radius 2 is 0.800 bits per heavy atom. The summed E-state index contributed by atoms with van der Waals surface area (Å²) in [6.45, 7) is 0. The van der Waals surface area contributed by atoms with E-state index in [0.29, 0.717) is 0 Å². The number of thiophene rings is 2. The smallest absolute Gasteiger partial charge is 0.0467 e. The molecule has 11 rings (SSSR count). The molecule has 0 aliphatic rings. The minimum Gasteiger partial charge on any atom is -0.310 e. The van der Waals surface area contributed by atoms with Crippen LogP contribution in [0.15, 0.2) is 200 Å². The van der Waals surface area contributed by atoms with E-state index in [1.54, 1.807) is 0 Å². The molecule has 0 spiro atoms. The SMILES string of the molecule is c1cc(-c2cccc3c2sc2ccccc23)cc(N(c2ccc(-c3ccc4ccccc4c3)cc2)c2ccc(-c3cccc4c3sc3ccccc34)cc2)c1. The molecule has 1 nitrogen and oxygen atoms in total. The molecule has 11 aromatic rings. The Balaban J connectivity index is 1.03. The number of nitrogens with zero attached hydrogens (tertiary/aromatic N) is 1. The predicted molar refractivity (Wildman–Crippen MR) is 241 cm³/mol. The third-order valence-electron chi connectivity index (χ3n) is 10.9. The largest absolute Gasteiger partial charge is 0.310 e. The van der Waals surface area contributed by atoms with E-state index in [4.69, 9.17) is 0 Å². The van der Waals surface area contributed by atoms with Gasteiger partial charge in [-0.05, 0) is 98.8 Å². The summed E-state index contributed by atoms with van der Waals surface area (Å²) in [6.07, 6.45) is 0. The van der Waals surface area contributed by atoms with Crippen LogP contribution in [-0.4, -0.2) is 0 Å². The van der Waals surface area contributed by atoms with E-state index in [1.807, 2.05) is 22.7 Å². The topological polar surface area (TPSA) is 3.24 Å². The molecule has 2 heterocycles. The molecule has 0 aliphatic heterocycles. The van der Waals surface area contributed by atoms with Crippen LogP contribution >= 0.6 is 22.7 Å². The molecule has 0 N–H and O–H groups in total. The van der Waals surface area contributed by atoms with Crippen LogP contribution in [0.5, 0.6) is 0 Å². The molecule has 55 heavy (non-hydrogen) atoms. The molecule has 2 aromatic heterocycles. The molecule has 0 aliphatic carbocycles. The molecule has 0 fully saturated rings. The first-order valence-electron chi connectivity index (χ1n) is 18.7. The number of hydrogen-bond donors (Lipinski definition) is 0. The third-order valence-corrected chi connectivity index (χ3v) is 13.3. The normalized spacial score (nSPS) is 11.6. The average Bonchev–Trinajstić information content (AvgIpc) is 3.83. The summed E-state index contributed by atoms with van der Waals surface area (Å²) in [5.41, 5.74) is 10.7. The van der Waals surface area contributed by atoms with Gasteiger partial charge in [0.15, 0.2) is 0 Å². The van der Waals surface area contributed by atoms with Crippen LogP contribution in [0.3, 0.4) is 0 Å². The van der Waals surface area contributed by atoms with Gasteiger partial charge in [-0.3, -0.25) is 0 Å². The Kier molecular flexibility index (Phi) is 7.61. The maximum absolute atomic E-state index is 2.39. The fraction of sp³-hybridized carbons (Fsp3) is 0. The highest BCUT2D eigenvalue weighted by Crippen LogP contribution is 2.44. The van der Waals surface area contributed by atoms with Gasteiger partial charge in [0, 0.05) is 57.4 Å². The summed E-state index contributed by atoms with van der Waals surface area (Å²) in [5.74, 6) is 0. The first kappa shape index (κ1) is 32.0. The Hall–Kier alpha value is -6.52. The molecule has 3 heteroatoms. The van der Waals surface area contributed by atoms with Crippen molar-refractivity contribution in [1.29, 1.82) is 0 Å². The lowest BCUT2D eigenvalue weighted by molar-refractivity contribution is 1.28. The van der Waals surface area contributed by atoms with Crippen molar-refractivity contribution in [1.82, 2.24) is 0 Å². The third kappa shape index (κ3) is 5.51. The quantitative estimate of drug-likeness (QED) is 0.164. The highest BCUT2D eigenvalue weighted by Gasteiger charge is 2.17. The van der Waals surface area contributed by atoms with Crippen molar-refractivity contribution in [3.05, 3.63) is 200 Å². The van der Waals surface area contributed by atoms with E-state index in [0.717, 1.165) is 17.1 Å². The standard InChI is InChI=1S/C52H33NS2/c1-2-11-37-32-38(23-22-34(37)10-1)35-24-28-40(29-25-35)53(41-30-26-36(27-31-41)43-16-8-18-47-45-14-3-5-20-49(45)54-51(43)47)42-13-7-12-39(33-42)44-17-9-19-48-46-15-4-6-21-50(46)55-52(44)48/h1-33H. The number of hydrogen-bond acceptors (Lipinski definition) is 3. The Morgan fingerprint density at radius 3 is 1.45 bits per heavy atom. The summed E-state index contributed by atoms with van der Waals surface area (Å²) in [7, 11) is 0. The molecule has 0 saturated carbocycles. The van der Waals surface area contributed by atoms with Crippen LogP contribution in [0, 0.1) is 0 Å². The summed E-state index contributed by atoms with van der Waals surface area (Å²) in [5, 5.41) is 7.79. The fourth-order valence-corrected chi connectivity index (χ4v) is 10.6. The van der Waals surface area contributed by atoms with Crippen LogP contribution in [0.25, 0.3) is 84.5 Å². The molecule has 0 unspecified atom stereocenters.